The Morgan fingerprint density at radius 3 is 3.00 bits per heavy atom. The summed E-state index contributed by atoms with van der Waals surface area (Å²) < 4.78 is 2.31. The maximum absolute atomic E-state index is 11.6. The lowest BCUT2D eigenvalue weighted by Gasteiger charge is -2.01. The highest BCUT2D eigenvalue weighted by atomic mass is 79.9. The molecular weight excluding hydrogens is 262 g/mol. The highest BCUT2D eigenvalue weighted by molar-refractivity contribution is 9.10. The van der Waals surface area contributed by atoms with E-state index in [-0.39, 0.29) is 5.91 Å². The lowest BCUT2D eigenvalue weighted by Crippen LogP contribution is -2.15. The molecule has 7 heteroatoms. The second kappa shape index (κ2) is 3.85. The quantitative estimate of drug-likeness (QED) is 0.859. The number of aromatic amines is 1. The van der Waals surface area contributed by atoms with Gasteiger partial charge in [-0.1, -0.05) is 0 Å². The Kier molecular flexibility index (Phi) is 2.55. The number of hydrogen-bond acceptors (Lipinski definition) is 3. The molecular formula is C8H8BrN5O. The van der Waals surface area contributed by atoms with Crippen LogP contribution in [0.5, 0.6) is 0 Å². The van der Waals surface area contributed by atoms with Gasteiger partial charge in [0.25, 0.3) is 5.91 Å². The fraction of sp³-hybridized carbons (Fsp3) is 0.125. The summed E-state index contributed by atoms with van der Waals surface area (Å²) in [6.45, 7) is 0. The number of aryl methyl sites for hydroxylation is 1. The van der Waals surface area contributed by atoms with Gasteiger partial charge in [-0.2, -0.15) is 10.1 Å². The zero-order valence-corrected chi connectivity index (χ0v) is 9.45. The van der Waals surface area contributed by atoms with Crippen molar-refractivity contribution in [1.82, 2.24) is 19.7 Å². The molecule has 2 heterocycles. The van der Waals surface area contributed by atoms with Crippen molar-refractivity contribution in [3.05, 3.63) is 28.8 Å². The van der Waals surface area contributed by atoms with Crippen molar-refractivity contribution in [2.45, 2.75) is 0 Å². The van der Waals surface area contributed by atoms with Crippen molar-refractivity contribution in [2.75, 3.05) is 5.32 Å². The molecule has 2 aromatic rings. The smallest absolute Gasteiger partial charge is 0.274 e. The molecule has 0 aliphatic carbocycles. The molecule has 0 fully saturated rings. The largest absolute Gasteiger partial charge is 0.356 e. The van der Waals surface area contributed by atoms with Crippen LogP contribution in [-0.4, -0.2) is 25.7 Å². The van der Waals surface area contributed by atoms with E-state index in [2.05, 4.69) is 36.3 Å². The Morgan fingerprint density at radius 2 is 2.47 bits per heavy atom. The predicted molar refractivity (Wildman–Crippen MR) is 57.4 cm³/mol. The summed E-state index contributed by atoms with van der Waals surface area (Å²) in [5.41, 5.74) is 0.463. The van der Waals surface area contributed by atoms with E-state index < -0.39 is 0 Å². The summed E-state index contributed by atoms with van der Waals surface area (Å²) >= 11 is 3.25. The molecule has 0 unspecified atom stereocenters. The van der Waals surface area contributed by atoms with Crippen LogP contribution in [0.1, 0.15) is 10.5 Å². The van der Waals surface area contributed by atoms with Gasteiger partial charge in [-0.3, -0.25) is 10.1 Å². The molecule has 78 valence electrons. The summed E-state index contributed by atoms with van der Waals surface area (Å²) in [4.78, 5) is 18.3. The zero-order chi connectivity index (χ0) is 10.8. The van der Waals surface area contributed by atoms with Crippen LogP contribution >= 0.6 is 15.9 Å². The molecule has 0 atom stereocenters. The van der Waals surface area contributed by atoms with E-state index >= 15 is 0 Å². The minimum absolute atomic E-state index is 0.253. The Balaban J connectivity index is 2.14. The summed E-state index contributed by atoms with van der Waals surface area (Å²) in [5.74, 6) is 0.155. The van der Waals surface area contributed by atoms with Gasteiger partial charge < -0.3 is 4.98 Å². The van der Waals surface area contributed by atoms with Gasteiger partial charge in [0.1, 0.15) is 12.0 Å². The van der Waals surface area contributed by atoms with Crippen molar-refractivity contribution in [3.63, 3.8) is 0 Å². The highest BCUT2D eigenvalue weighted by Gasteiger charge is 2.10. The molecule has 2 rings (SSSR count). The van der Waals surface area contributed by atoms with Gasteiger partial charge in [0.2, 0.25) is 5.95 Å². The number of aromatic nitrogens is 4. The number of halogens is 1. The molecule has 0 aliphatic heterocycles. The predicted octanol–water partition coefficient (Wildman–Crippen LogP) is 1.16. The molecule has 0 bridgehead atoms. The number of amides is 1. The standard InChI is InChI=1S/C8H8BrN5O/c1-14-8(11-4-12-14)13-7(15)6-2-5(9)3-10-6/h2-4,10H,1H3,(H,11,12,13,15). The topological polar surface area (TPSA) is 75.6 Å². The van der Waals surface area contributed by atoms with Crippen LogP contribution in [0.25, 0.3) is 0 Å². The van der Waals surface area contributed by atoms with Crippen molar-refractivity contribution in [1.29, 1.82) is 0 Å². The van der Waals surface area contributed by atoms with Gasteiger partial charge in [0.05, 0.1) is 0 Å². The van der Waals surface area contributed by atoms with Crippen molar-refractivity contribution >= 4 is 27.8 Å². The van der Waals surface area contributed by atoms with Gasteiger partial charge in [-0.05, 0) is 22.0 Å². The lowest BCUT2D eigenvalue weighted by atomic mass is 10.4. The number of H-pyrrole nitrogens is 1. The van der Waals surface area contributed by atoms with Gasteiger partial charge in [0, 0.05) is 17.7 Å². The van der Waals surface area contributed by atoms with E-state index in [9.17, 15) is 4.79 Å². The molecule has 0 saturated carbocycles. The molecule has 15 heavy (non-hydrogen) atoms. The maximum atomic E-state index is 11.6. The number of anilines is 1. The molecule has 0 aliphatic rings. The Bertz CT molecular complexity index is 489. The third-order valence-corrected chi connectivity index (χ3v) is 2.29. The molecule has 2 aromatic heterocycles. The molecule has 6 nitrogen and oxygen atoms in total. The molecule has 0 aromatic carbocycles. The van der Waals surface area contributed by atoms with E-state index in [1.165, 1.54) is 11.0 Å². The SMILES string of the molecule is Cn1ncnc1NC(=O)c1cc(Br)c[nH]1. The second-order valence-corrected chi connectivity index (χ2v) is 3.81. The summed E-state index contributed by atoms with van der Waals surface area (Å²) in [6.07, 6.45) is 3.06. The fourth-order valence-electron chi connectivity index (χ4n) is 1.08. The van der Waals surface area contributed by atoms with Gasteiger partial charge in [-0.15, -0.1) is 0 Å². The Labute approximate surface area is 93.8 Å². The number of carbonyl (C=O) groups is 1. The van der Waals surface area contributed by atoms with Gasteiger partial charge >= 0.3 is 0 Å². The first-order chi connectivity index (χ1) is 7.16. The molecule has 1 amide bonds. The minimum atomic E-state index is -0.253. The van der Waals surface area contributed by atoms with E-state index in [1.807, 2.05) is 0 Å². The van der Waals surface area contributed by atoms with E-state index in [0.717, 1.165) is 4.47 Å². The third kappa shape index (κ3) is 2.07. The Morgan fingerprint density at radius 1 is 1.67 bits per heavy atom. The first-order valence-electron chi connectivity index (χ1n) is 4.16. The zero-order valence-electron chi connectivity index (χ0n) is 7.86. The first kappa shape index (κ1) is 9.91. The summed E-state index contributed by atoms with van der Waals surface area (Å²) in [6, 6.07) is 1.69. The van der Waals surface area contributed by atoms with E-state index in [4.69, 9.17) is 0 Å². The van der Waals surface area contributed by atoms with Crippen molar-refractivity contribution in [2.24, 2.45) is 7.05 Å². The van der Waals surface area contributed by atoms with Crippen LogP contribution in [0.15, 0.2) is 23.1 Å². The van der Waals surface area contributed by atoms with Crippen LogP contribution in [0, 0.1) is 0 Å². The lowest BCUT2D eigenvalue weighted by molar-refractivity contribution is 0.102. The first-order valence-corrected chi connectivity index (χ1v) is 4.95. The molecule has 0 radical (unpaired) electrons. The fourth-order valence-corrected chi connectivity index (χ4v) is 1.42. The second-order valence-electron chi connectivity index (χ2n) is 2.89. The van der Waals surface area contributed by atoms with Crippen LogP contribution < -0.4 is 5.32 Å². The third-order valence-electron chi connectivity index (χ3n) is 1.83. The van der Waals surface area contributed by atoms with Crippen LogP contribution in [0.4, 0.5) is 5.95 Å². The molecule has 0 saturated heterocycles. The van der Waals surface area contributed by atoms with Crippen LogP contribution in [0.3, 0.4) is 0 Å². The van der Waals surface area contributed by atoms with Crippen LogP contribution in [-0.2, 0) is 7.05 Å². The molecule has 0 spiro atoms. The van der Waals surface area contributed by atoms with E-state index in [1.54, 1.807) is 19.3 Å². The highest BCUT2D eigenvalue weighted by Crippen LogP contribution is 2.11. The number of nitrogens with zero attached hydrogens (tertiary/aromatic N) is 3. The summed E-state index contributed by atoms with van der Waals surface area (Å²) in [5, 5.41) is 6.46. The van der Waals surface area contributed by atoms with Gasteiger partial charge in [-0.25, -0.2) is 4.68 Å². The van der Waals surface area contributed by atoms with Crippen molar-refractivity contribution < 1.29 is 4.79 Å². The monoisotopic (exact) mass is 269 g/mol. The number of carbonyl (C=O) groups excluding carboxylic acids is 1. The van der Waals surface area contributed by atoms with Gasteiger partial charge in [0.15, 0.2) is 0 Å². The Hall–Kier alpha value is -1.63. The average molecular weight is 270 g/mol. The van der Waals surface area contributed by atoms with Crippen molar-refractivity contribution in [3.8, 4) is 0 Å². The maximum Gasteiger partial charge on any atom is 0.274 e. The van der Waals surface area contributed by atoms with Crippen LogP contribution in [0.2, 0.25) is 0 Å². The number of nitrogens with one attached hydrogen (secondary N) is 2. The number of rotatable bonds is 2. The summed E-state index contributed by atoms with van der Waals surface area (Å²) in [7, 11) is 1.70. The average Bonchev–Trinajstić information content (AvgIpc) is 2.77. The number of hydrogen-bond donors (Lipinski definition) is 2. The normalized spacial score (nSPS) is 10.3. The van der Waals surface area contributed by atoms with E-state index in [0.29, 0.717) is 11.6 Å². The molecule has 2 N–H and O–H groups in total. The minimum Gasteiger partial charge on any atom is -0.356 e.